The van der Waals surface area contributed by atoms with E-state index >= 15 is 0 Å². The summed E-state index contributed by atoms with van der Waals surface area (Å²) in [6.45, 7) is 1.45. The van der Waals surface area contributed by atoms with Crippen molar-refractivity contribution in [1.82, 2.24) is 5.32 Å². The van der Waals surface area contributed by atoms with E-state index in [4.69, 9.17) is 0 Å². The molecule has 2 N–H and O–H groups in total. The predicted molar refractivity (Wildman–Crippen MR) is 99.9 cm³/mol. The molecule has 26 heavy (non-hydrogen) atoms. The van der Waals surface area contributed by atoms with Crippen LogP contribution >= 0.6 is 0 Å². The highest BCUT2D eigenvalue weighted by Crippen LogP contribution is 2.41. The molecule has 0 aliphatic heterocycles. The van der Waals surface area contributed by atoms with Gasteiger partial charge in [0.25, 0.3) is 0 Å². The van der Waals surface area contributed by atoms with E-state index in [1.54, 1.807) is 30.3 Å². The van der Waals surface area contributed by atoms with Gasteiger partial charge >= 0.3 is 0 Å². The molecule has 5 heteroatoms. The van der Waals surface area contributed by atoms with E-state index in [9.17, 15) is 14.0 Å². The third kappa shape index (κ3) is 4.17. The molecule has 1 saturated carbocycles. The van der Waals surface area contributed by atoms with Gasteiger partial charge in [-0.15, -0.1) is 0 Å². The monoisotopic (exact) mass is 352 g/mol. The van der Waals surface area contributed by atoms with Crippen LogP contribution in [0, 0.1) is 5.82 Å². The van der Waals surface area contributed by atoms with Gasteiger partial charge < -0.3 is 10.6 Å². The van der Waals surface area contributed by atoms with E-state index in [1.807, 2.05) is 12.1 Å². The van der Waals surface area contributed by atoms with Crippen LogP contribution in [0.4, 0.5) is 10.1 Å². The summed E-state index contributed by atoms with van der Waals surface area (Å²) in [6, 6.07) is 13.5. The first-order chi connectivity index (χ1) is 12.5. The lowest BCUT2D eigenvalue weighted by Gasteiger charge is -2.43. The minimum atomic E-state index is -0.398. The second kappa shape index (κ2) is 7.52. The minimum absolute atomic E-state index is 0.126. The number of benzene rings is 2. The highest BCUT2D eigenvalue weighted by atomic mass is 19.1. The summed E-state index contributed by atoms with van der Waals surface area (Å²) in [5, 5.41) is 5.76. The molecule has 2 aromatic carbocycles. The van der Waals surface area contributed by atoms with Crippen molar-refractivity contribution in [2.75, 3.05) is 5.32 Å². The molecule has 0 unspecified atom stereocenters. The Bertz CT molecular complexity index is 822. The zero-order valence-electron chi connectivity index (χ0n) is 14.6. The van der Waals surface area contributed by atoms with Gasteiger partial charge in [-0.25, -0.2) is 4.39 Å². The lowest BCUT2D eigenvalue weighted by Crippen LogP contribution is -2.50. The lowest BCUT2D eigenvalue weighted by atomic mass is 9.71. The van der Waals surface area contributed by atoms with Gasteiger partial charge in [0.15, 0.2) is 0 Å². The minimum Gasteiger partial charge on any atom is -0.343 e. The van der Waals surface area contributed by atoms with Crippen LogP contribution in [0.2, 0.25) is 0 Å². The Balaban J connectivity index is 1.64. The standard InChI is InChI=1S/C21H21FN2O2/c1-15(25)23-19-10-3-16(4-11-19)5-12-20(26)24-21(13-2-14-21)17-6-8-18(22)9-7-17/h3-12H,2,13-14H2,1H3,(H,23,25)(H,24,26)/b12-5+. The number of carbonyl (C=O) groups excluding carboxylic acids is 2. The van der Waals surface area contributed by atoms with Crippen molar-refractivity contribution in [1.29, 1.82) is 0 Å². The van der Waals surface area contributed by atoms with Gasteiger partial charge in [0.05, 0.1) is 5.54 Å². The second-order valence-corrected chi connectivity index (χ2v) is 6.57. The average molecular weight is 352 g/mol. The number of anilines is 1. The molecule has 0 aromatic heterocycles. The van der Waals surface area contributed by atoms with E-state index in [0.29, 0.717) is 5.69 Å². The van der Waals surface area contributed by atoms with Crippen LogP contribution in [0.15, 0.2) is 54.6 Å². The highest BCUT2D eigenvalue weighted by Gasteiger charge is 2.39. The summed E-state index contributed by atoms with van der Waals surface area (Å²) in [6.07, 6.45) is 5.96. The van der Waals surface area contributed by atoms with Crippen LogP contribution in [-0.4, -0.2) is 11.8 Å². The molecule has 0 saturated heterocycles. The Morgan fingerprint density at radius 3 is 2.23 bits per heavy atom. The predicted octanol–water partition coefficient (Wildman–Crippen LogP) is 3.99. The molecule has 1 aliphatic rings. The van der Waals surface area contributed by atoms with Gasteiger partial charge in [-0.05, 0) is 60.7 Å². The average Bonchev–Trinajstić information content (AvgIpc) is 2.58. The van der Waals surface area contributed by atoms with Crippen LogP contribution < -0.4 is 10.6 Å². The molecule has 0 bridgehead atoms. The van der Waals surface area contributed by atoms with Crippen LogP contribution in [0.5, 0.6) is 0 Å². The van der Waals surface area contributed by atoms with Crippen molar-refractivity contribution < 1.29 is 14.0 Å². The Kier molecular flexibility index (Phi) is 5.16. The van der Waals surface area contributed by atoms with Crippen LogP contribution in [-0.2, 0) is 15.1 Å². The molecule has 1 fully saturated rings. The molecule has 0 radical (unpaired) electrons. The van der Waals surface area contributed by atoms with E-state index in [1.165, 1.54) is 25.1 Å². The summed E-state index contributed by atoms with van der Waals surface area (Å²) in [7, 11) is 0. The number of hydrogen-bond acceptors (Lipinski definition) is 2. The van der Waals surface area contributed by atoms with Gasteiger partial charge in [-0.3, -0.25) is 9.59 Å². The smallest absolute Gasteiger partial charge is 0.244 e. The number of carbonyl (C=O) groups is 2. The van der Waals surface area contributed by atoms with Crippen LogP contribution in [0.1, 0.15) is 37.3 Å². The Hall–Kier alpha value is -2.95. The molecule has 1 aliphatic carbocycles. The number of hydrogen-bond donors (Lipinski definition) is 2. The zero-order valence-corrected chi connectivity index (χ0v) is 14.6. The van der Waals surface area contributed by atoms with Gasteiger partial charge in [0.1, 0.15) is 5.82 Å². The molecule has 134 valence electrons. The molecule has 2 amide bonds. The molecular formula is C21H21FN2O2. The molecule has 2 aromatic rings. The van der Waals surface area contributed by atoms with Crippen molar-refractivity contribution in [3.8, 4) is 0 Å². The first-order valence-corrected chi connectivity index (χ1v) is 8.61. The third-order valence-electron chi connectivity index (χ3n) is 4.62. The quantitative estimate of drug-likeness (QED) is 0.800. The third-order valence-corrected chi connectivity index (χ3v) is 4.62. The summed E-state index contributed by atoms with van der Waals surface area (Å²) in [5.41, 5.74) is 2.11. The first-order valence-electron chi connectivity index (χ1n) is 8.61. The normalized spacial score (nSPS) is 15.3. The zero-order chi connectivity index (χ0) is 18.6. The van der Waals surface area contributed by atoms with E-state index in [0.717, 1.165) is 30.4 Å². The van der Waals surface area contributed by atoms with Gasteiger partial charge in [0, 0.05) is 18.7 Å². The van der Waals surface area contributed by atoms with Crippen molar-refractivity contribution >= 4 is 23.6 Å². The van der Waals surface area contributed by atoms with Gasteiger partial charge in [0.2, 0.25) is 11.8 Å². The Morgan fingerprint density at radius 2 is 1.69 bits per heavy atom. The van der Waals surface area contributed by atoms with E-state index in [-0.39, 0.29) is 17.6 Å². The SMILES string of the molecule is CC(=O)Nc1ccc(/C=C/C(=O)NC2(c3ccc(F)cc3)CCC2)cc1. The summed E-state index contributed by atoms with van der Waals surface area (Å²) >= 11 is 0. The number of amides is 2. The second-order valence-electron chi connectivity index (χ2n) is 6.57. The van der Waals surface area contributed by atoms with Gasteiger partial charge in [-0.1, -0.05) is 24.3 Å². The lowest BCUT2D eigenvalue weighted by molar-refractivity contribution is -0.119. The van der Waals surface area contributed by atoms with E-state index in [2.05, 4.69) is 10.6 Å². The maximum absolute atomic E-state index is 13.1. The van der Waals surface area contributed by atoms with Gasteiger partial charge in [-0.2, -0.15) is 0 Å². The molecule has 0 spiro atoms. The van der Waals surface area contributed by atoms with Crippen LogP contribution in [0.25, 0.3) is 6.08 Å². The van der Waals surface area contributed by atoms with Crippen molar-refractivity contribution in [3.63, 3.8) is 0 Å². The topological polar surface area (TPSA) is 58.2 Å². The fourth-order valence-electron chi connectivity index (χ4n) is 3.12. The highest BCUT2D eigenvalue weighted by molar-refractivity contribution is 5.92. The Morgan fingerprint density at radius 1 is 1.04 bits per heavy atom. The summed E-state index contributed by atoms with van der Waals surface area (Å²) < 4.78 is 13.1. The number of rotatable bonds is 5. The number of nitrogens with one attached hydrogen (secondary N) is 2. The van der Waals surface area contributed by atoms with E-state index < -0.39 is 5.54 Å². The first kappa shape index (κ1) is 17.9. The molecule has 0 heterocycles. The van der Waals surface area contributed by atoms with Crippen molar-refractivity contribution in [2.24, 2.45) is 0 Å². The fourth-order valence-corrected chi connectivity index (χ4v) is 3.12. The van der Waals surface area contributed by atoms with Crippen molar-refractivity contribution in [3.05, 3.63) is 71.6 Å². The molecule has 4 nitrogen and oxygen atoms in total. The van der Waals surface area contributed by atoms with Crippen LogP contribution in [0.3, 0.4) is 0 Å². The Labute approximate surface area is 152 Å². The molecule has 0 atom stereocenters. The maximum Gasteiger partial charge on any atom is 0.244 e. The molecule has 3 rings (SSSR count). The summed E-state index contributed by atoms with van der Waals surface area (Å²) in [4.78, 5) is 23.4. The maximum atomic E-state index is 13.1. The summed E-state index contributed by atoms with van der Waals surface area (Å²) in [5.74, 6) is -0.587. The molecular weight excluding hydrogens is 331 g/mol. The fraction of sp³-hybridized carbons (Fsp3) is 0.238. The van der Waals surface area contributed by atoms with Crippen molar-refractivity contribution in [2.45, 2.75) is 31.7 Å². The largest absolute Gasteiger partial charge is 0.343 e. The number of halogens is 1.